The Morgan fingerprint density at radius 3 is 2.35 bits per heavy atom. The number of benzene rings is 1. The molecule has 0 radical (unpaired) electrons. The fourth-order valence-electron chi connectivity index (χ4n) is 2.83. The molecule has 2 rings (SSSR count). The molecule has 1 heterocycles. The van der Waals surface area contributed by atoms with Crippen LogP contribution in [0.15, 0.2) is 24.3 Å². The Morgan fingerprint density at radius 1 is 1.10 bits per heavy atom. The average Bonchev–Trinajstić information content (AvgIpc) is 2.48. The molecule has 1 N–H and O–H groups in total. The number of anilines is 1. The molecule has 1 aliphatic heterocycles. The minimum absolute atomic E-state index is 0.649. The topological polar surface area (TPSA) is 18.5 Å². The zero-order chi connectivity index (χ0) is 14.4. The third-order valence-corrected chi connectivity index (χ3v) is 4.24. The molecule has 1 fully saturated rings. The Balaban J connectivity index is 1.72. The lowest BCUT2D eigenvalue weighted by Crippen LogP contribution is -2.42. The Kier molecular flexibility index (Phi) is 5.86. The quantitative estimate of drug-likeness (QED) is 0.861. The van der Waals surface area contributed by atoms with E-state index >= 15 is 0 Å². The lowest BCUT2D eigenvalue weighted by atomic mass is 10.1. The van der Waals surface area contributed by atoms with Crippen molar-refractivity contribution in [2.45, 2.75) is 38.8 Å². The largest absolute Gasteiger partial charge is 0.378 e. The van der Waals surface area contributed by atoms with Crippen molar-refractivity contribution in [3.63, 3.8) is 0 Å². The monoisotopic (exact) mass is 275 g/mol. The first-order chi connectivity index (χ1) is 9.66. The molecule has 0 aliphatic carbocycles. The first-order valence-electron chi connectivity index (χ1n) is 7.88. The van der Waals surface area contributed by atoms with Crippen LogP contribution in [-0.2, 0) is 6.54 Å². The summed E-state index contributed by atoms with van der Waals surface area (Å²) in [7, 11) is 4.15. The van der Waals surface area contributed by atoms with Crippen LogP contribution in [0.3, 0.4) is 0 Å². The van der Waals surface area contributed by atoms with E-state index in [-0.39, 0.29) is 0 Å². The van der Waals surface area contributed by atoms with Gasteiger partial charge in [0.25, 0.3) is 0 Å². The van der Waals surface area contributed by atoms with E-state index < -0.39 is 0 Å². The molecule has 20 heavy (non-hydrogen) atoms. The summed E-state index contributed by atoms with van der Waals surface area (Å²) in [6.07, 6.45) is 4.15. The van der Waals surface area contributed by atoms with Crippen molar-refractivity contribution in [2.24, 2.45) is 0 Å². The van der Waals surface area contributed by atoms with E-state index in [9.17, 15) is 0 Å². The van der Waals surface area contributed by atoms with Crippen molar-refractivity contribution in [3.8, 4) is 0 Å². The third kappa shape index (κ3) is 4.50. The first-order valence-corrected chi connectivity index (χ1v) is 7.88. The fraction of sp³-hybridized carbons (Fsp3) is 0.647. The molecule has 1 saturated heterocycles. The minimum atomic E-state index is 0.649. The van der Waals surface area contributed by atoms with E-state index in [1.807, 2.05) is 0 Å². The molecule has 3 heteroatoms. The second-order valence-corrected chi connectivity index (χ2v) is 6.14. The van der Waals surface area contributed by atoms with Gasteiger partial charge in [-0.3, -0.25) is 4.90 Å². The van der Waals surface area contributed by atoms with E-state index in [0.29, 0.717) is 6.04 Å². The van der Waals surface area contributed by atoms with E-state index in [1.165, 1.54) is 43.6 Å². The second-order valence-electron chi connectivity index (χ2n) is 6.14. The van der Waals surface area contributed by atoms with Gasteiger partial charge in [0.05, 0.1) is 0 Å². The maximum atomic E-state index is 3.59. The number of rotatable bonds is 6. The predicted molar refractivity (Wildman–Crippen MR) is 87.4 cm³/mol. The van der Waals surface area contributed by atoms with Gasteiger partial charge in [0.15, 0.2) is 0 Å². The zero-order valence-electron chi connectivity index (χ0n) is 13.2. The van der Waals surface area contributed by atoms with Gasteiger partial charge in [0, 0.05) is 38.9 Å². The van der Waals surface area contributed by atoms with Crippen LogP contribution in [0.25, 0.3) is 0 Å². The summed E-state index contributed by atoms with van der Waals surface area (Å²) in [5, 5.41) is 3.59. The number of likely N-dealkylation sites (tertiary alicyclic amines) is 1. The summed E-state index contributed by atoms with van der Waals surface area (Å²) >= 11 is 0. The van der Waals surface area contributed by atoms with Crippen LogP contribution in [0.5, 0.6) is 0 Å². The van der Waals surface area contributed by atoms with Gasteiger partial charge in [-0.05, 0) is 50.6 Å². The van der Waals surface area contributed by atoms with Crippen LogP contribution in [-0.4, -0.2) is 44.7 Å². The van der Waals surface area contributed by atoms with E-state index in [4.69, 9.17) is 0 Å². The summed E-state index contributed by atoms with van der Waals surface area (Å²) in [5.74, 6) is 0. The molecular formula is C17H29N3. The van der Waals surface area contributed by atoms with Gasteiger partial charge in [0.1, 0.15) is 0 Å². The number of piperidine rings is 1. The Labute approximate surface area is 124 Å². The molecule has 1 atom stereocenters. The molecule has 1 aromatic carbocycles. The number of nitrogens with zero attached hydrogens (tertiary/aromatic N) is 2. The molecule has 0 aromatic heterocycles. The molecule has 1 aliphatic rings. The van der Waals surface area contributed by atoms with Crippen molar-refractivity contribution in [1.82, 2.24) is 10.2 Å². The van der Waals surface area contributed by atoms with E-state index in [1.54, 1.807) is 0 Å². The molecule has 0 bridgehead atoms. The highest BCUT2D eigenvalue weighted by Gasteiger charge is 2.15. The molecule has 1 unspecified atom stereocenters. The van der Waals surface area contributed by atoms with Crippen molar-refractivity contribution in [3.05, 3.63) is 29.8 Å². The highest BCUT2D eigenvalue weighted by atomic mass is 15.2. The van der Waals surface area contributed by atoms with E-state index in [0.717, 1.165) is 13.1 Å². The second kappa shape index (κ2) is 7.65. The van der Waals surface area contributed by atoms with Crippen molar-refractivity contribution >= 4 is 5.69 Å². The molecule has 112 valence electrons. The minimum Gasteiger partial charge on any atom is -0.378 e. The maximum absolute atomic E-state index is 3.59. The van der Waals surface area contributed by atoms with Gasteiger partial charge < -0.3 is 10.2 Å². The average molecular weight is 275 g/mol. The van der Waals surface area contributed by atoms with Crippen LogP contribution in [0.1, 0.15) is 31.7 Å². The van der Waals surface area contributed by atoms with Crippen LogP contribution < -0.4 is 10.2 Å². The predicted octanol–water partition coefficient (Wildman–Crippen LogP) is 2.72. The molecular weight excluding hydrogens is 246 g/mol. The zero-order valence-corrected chi connectivity index (χ0v) is 13.2. The van der Waals surface area contributed by atoms with Crippen molar-refractivity contribution in [1.29, 1.82) is 0 Å². The Morgan fingerprint density at radius 2 is 1.75 bits per heavy atom. The highest BCUT2D eigenvalue weighted by molar-refractivity contribution is 5.45. The molecule has 0 saturated carbocycles. The number of hydrogen-bond donors (Lipinski definition) is 1. The summed E-state index contributed by atoms with van der Waals surface area (Å²) in [6.45, 7) is 6.94. The first kappa shape index (κ1) is 15.3. The van der Waals surface area contributed by atoms with Gasteiger partial charge in [-0.15, -0.1) is 0 Å². The Bertz CT molecular complexity index is 380. The molecule has 0 amide bonds. The van der Waals surface area contributed by atoms with E-state index in [2.05, 4.69) is 60.4 Å². The molecule has 1 aromatic rings. The van der Waals surface area contributed by atoms with Crippen LogP contribution in [0.2, 0.25) is 0 Å². The van der Waals surface area contributed by atoms with Crippen LogP contribution in [0.4, 0.5) is 5.69 Å². The summed E-state index contributed by atoms with van der Waals surface area (Å²) < 4.78 is 0. The normalized spacial score (nSPS) is 17.9. The van der Waals surface area contributed by atoms with Crippen molar-refractivity contribution < 1.29 is 0 Å². The standard InChI is InChI=1S/C17H29N3/c1-15(20-11-5-4-6-12-20)13-18-14-16-7-9-17(10-8-16)19(2)3/h7-10,15,18H,4-6,11-14H2,1-3H3. The summed E-state index contributed by atoms with van der Waals surface area (Å²) in [4.78, 5) is 4.75. The lowest BCUT2D eigenvalue weighted by Gasteiger charge is -2.32. The van der Waals surface area contributed by atoms with Gasteiger partial charge in [-0.2, -0.15) is 0 Å². The maximum Gasteiger partial charge on any atom is 0.0361 e. The smallest absolute Gasteiger partial charge is 0.0361 e. The molecule has 0 spiro atoms. The molecule has 3 nitrogen and oxygen atoms in total. The van der Waals surface area contributed by atoms with Gasteiger partial charge >= 0.3 is 0 Å². The summed E-state index contributed by atoms with van der Waals surface area (Å²) in [6, 6.07) is 9.45. The van der Waals surface area contributed by atoms with Crippen LogP contribution in [0, 0.1) is 0 Å². The SMILES string of the molecule is CC(CNCc1ccc(N(C)C)cc1)N1CCCCC1. The highest BCUT2D eigenvalue weighted by Crippen LogP contribution is 2.13. The fourth-order valence-corrected chi connectivity index (χ4v) is 2.83. The van der Waals surface area contributed by atoms with Crippen LogP contribution >= 0.6 is 0 Å². The van der Waals surface area contributed by atoms with Gasteiger partial charge in [-0.1, -0.05) is 18.6 Å². The van der Waals surface area contributed by atoms with Gasteiger partial charge in [0.2, 0.25) is 0 Å². The third-order valence-electron chi connectivity index (χ3n) is 4.24. The number of hydrogen-bond acceptors (Lipinski definition) is 3. The summed E-state index contributed by atoms with van der Waals surface area (Å²) in [5.41, 5.74) is 2.62. The lowest BCUT2D eigenvalue weighted by molar-refractivity contribution is 0.170. The Hall–Kier alpha value is -1.06. The van der Waals surface area contributed by atoms with Crippen molar-refractivity contribution in [2.75, 3.05) is 38.6 Å². The number of nitrogens with one attached hydrogen (secondary N) is 1. The van der Waals surface area contributed by atoms with Gasteiger partial charge in [-0.25, -0.2) is 0 Å².